The number of aromatic nitrogens is 1. The Morgan fingerprint density at radius 1 is 0.688 bits per heavy atom. The van der Waals surface area contributed by atoms with E-state index >= 15 is 0 Å². The largest absolute Gasteiger partial charge is 0.361 e. The topological polar surface area (TPSA) is 69.1 Å². The highest BCUT2D eigenvalue weighted by molar-refractivity contribution is 6.11. The van der Waals surface area contributed by atoms with Gasteiger partial charge in [-0.25, -0.2) is 0 Å². The molecule has 2 heterocycles. The Bertz CT molecular complexity index is 4210. The van der Waals surface area contributed by atoms with Crippen LogP contribution in [-0.2, 0) is 6.42 Å². The molecule has 5 N–H and O–H groups in total. The Hall–Kier alpha value is -9.16. The average Bonchev–Trinajstić information content (AvgIpc) is 4.21. The molecule has 0 bridgehead atoms. The van der Waals surface area contributed by atoms with Crippen molar-refractivity contribution < 1.29 is 0 Å². The van der Waals surface area contributed by atoms with Gasteiger partial charge >= 0.3 is 0 Å². The summed E-state index contributed by atoms with van der Waals surface area (Å²) in [6.45, 7) is 4.43. The van der Waals surface area contributed by atoms with Gasteiger partial charge in [-0.1, -0.05) is 207 Å². The molecule has 4 aliphatic carbocycles. The van der Waals surface area contributed by atoms with E-state index < -0.39 is 0 Å². The van der Waals surface area contributed by atoms with E-state index in [-0.39, 0.29) is 23.9 Å². The summed E-state index contributed by atoms with van der Waals surface area (Å²) in [7, 11) is 0. The molecule has 1 aliphatic heterocycles. The van der Waals surface area contributed by atoms with Gasteiger partial charge < -0.3 is 26.3 Å². The first-order chi connectivity index (χ1) is 39.5. The number of nitrogens with one attached hydrogen (secondary N) is 3. The first kappa shape index (κ1) is 49.2. The highest BCUT2D eigenvalue weighted by atomic mass is 15.2. The molecule has 0 saturated heterocycles. The van der Waals surface area contributed by atoms with Crippen molar-refractivity contribution >= 4 is 66.4 Å². The highest BCUT2D eigenvalue weighted by Gasteiger charge is 2.47. The highest BCUT2D eigenvalue weighted by Crippen LogP contribution is 2.57. The van der Waals surface area contributed by atoms with Gasteiger partial charge in [0, 0.05) is 81.1 Å². The summed E-state index contributed by atoms with van der Waals surface area (Å²) < 4.78 is 0. The number of hydrogen-bond donors (Lipinski definition) is 4. The van der Waals surface area contributed by atoms with Crippen molar-refractivity contribution in [2.75, 3.05) is 10.6 Å². The first-order valence-electron chi connectivity index (χ1n) is 28.7. The second-order valence-electron chi connectivity index (χ2n) is 22.1. The molecule has 80 heavy (non-hydrogen) atoms. The maximum absolute atomic E-state index is 7.71. The van der Waals surface area contributed by atoms with E-state index in [1.165, 1.54) is 88.4 Å². The SMILES string of the molecule is C/C=C1/CCC=C/C1=C\Nc1ccc(-c2ccc3ccccc3c2Nc2ccccc2)cc1C(C)C(N)/C=C(\C=C\N1C2=C(C=CCc3[nH]c4c(ccc5ccccc54)c32)C2c3ccccc3C3=C(C=CCC3)C21)c1ccccc1. The molecule has 5 nitrogen and oxygen atoms in total. The van der Waals surface area contributed by atoms with E-state index in [0.717, 1.165) is 77.0 Å². The lowest BCUT2D eigenvalue weighted by Crippen LogP contribution is -2.34. The molecule has 4 atom stereocenters. The third-order valence-corrected chi connectivity index (χ3v) is 17.5. The maximum atomic E-state index is 7.71. The van der Waals surface area contributed by atoms with Gasteiger partial charge in [-0.3, -0.25) is 0 Å². The predicted molar refractivity (Wildman–Crippen MR) is 339 cm³/mol. The normalized spacial score (nSPS) is 19.4. The molecular weight excluding hydrogens is 971 g/mol. The molecule has 390 valence electrons. The average molecular weight is 1040 g/mol. The van der Waals surface area contributed by atoms with Gasteiger partial charge in [0.15, 0.2) is 0 Å². The molecule has 5 aliphatic rings. The van der Waals surface area contributed by atoms with E-state index in [1.807, 2.05) is 0 Å². The monoisotopic (exact) mass is 1040 g/mol. The van der Waals surface area contributed by atoms with Crippen molar-refractivity contribution in [3.63, 3.8) is 0 Å². The van der Waals surface area contributed by atoms with E-state index in [1.54, 1.807) is 0 Å². The van der Waals surface area contributed by atoms with Crippen LogP contribution in [0, 0.1) is 0 Å². The molecule has 9 aromatic rings. The Morgan fingerprint density at radius 3 is 2.26 bits per heavy atom. The lowest BCUT2D eigenvalue weighted by molar-refractivity contribution is 0.428. The number of anilines is 3. The Balaban J connectivity index is 0.909. The van der Waals surface area contributed by atoms with Crippen LogP contribution in [0.4, 0.5) is 17.1 Å². The van der Waals surface area contributed by atoms with Gasteiger partial charge in [-0.2, -0.15) is 0 Å². The minimum atomic E-state index is -0.370. The van der Waals surface area contributed by atoms with Gasteiger partial charge in [0.25, 0.3) is 0 Å². The number of benzene rings is 8. The number of aromatic amines is 1. The van der Waals surface area contributed by atoms with Crippen LogP contribution in [0.1, 0.15) is 84.9 Å². The molecule has 0 radical (unpaired) electrons. The third kappa shape index (κ3) is 8.70. The molecule has 0 spiro atoms. The van der Waals surface area contributed by atoms with Crippen LogP contribution in [0.3, 0.4) is 0 Å². The van der Waals surface area contributed by atoms with Gasteiger partial charge in [0.05, 0.1) is 22.9 Å². The number of rotatable bonds is 11. The summed E-state index contributed by atoms with van der Waals surface area (Å²) in [6.07, 6.45) is 30.7. The lowest BCUT2D eigenvalue weighted by Gasteiger charge is -2.38. The zero-order valence-corrected chi connectivity index (χ0v) is 45.5. The maximum Gasteiger partial charge on any atom is 0.0698 e. The fourth-order valence-electron chi connectivity index (χ4n) is 13.5. The van der Waals surface area contributed by atoms with E-state index in [4.69, 9.17) is 5.73 Å². The molecule has 4 unspecified atom stereocenters. The number of para-hydroxylation sites is 1. The molecule has 8 aromatic carbocycles. The zero-order valence-electron chi connectivity index (χ0n) is 45.5. The molecule has 0 saturated carbocycles. The summed E-state index contributed by atoms with van der Waals surface area (Å²) in [5.41, 5.74) is 31.1. The molecule has 0 fully saturated rings. The number of allylic oxidation sites excluding steroid dienone is 11. The number of nitrogens with zero attached hydrogens (tertiary/aromatic N) is 1. The van der Waals surface area contributed by atoms with Crippen LogP contribution in [0.2, 0.25) is 0 Å². The van der Waals surface area contributed by atoms with Crippen LogP contribution in [0.5, 0.6) is 0 Å². The van der Waals surface area contributed by atoms with Crippen molar-refractivity contribution in [3.8, 4) is 11.1 Å². The molecule has 0 amide bonds. The lowest BCUT2D eigenvalue weighted by atomic mass is 9.71. The Labute approximate surface area is 470 Å². The van der Waals surface area contributed by atoms with Gasteiger partial charge in [0.2, 0.25) is 0 Å². The fourth-order valence-corrected chi connectivity index (χ4v) is 13.5. The minimum Gasteiger partial charge on any atom is -0.361 e. The zero-order chi connectivity index (χ0) is 53.7. The van der Waals surface area contributed by atoms with Gasteiger partial charge in [-0.05, 0) is 135 Å². The summed E-state index contributed by atoms with van der Waals surface area (Å²) in [6, 6.07) is 63.7. The quantitative estimate of drug-likeness (QED) is 0.0975. The first-order valence-corrected chi connectivity index (χ1v) is 28.7. The third-order valence-electron chi connectivity index (χ3n) is 17.5. The molecule has 5 heteroatoms. The van der Waals surface area contributed by atoms with E-state index in [2.05, 4.69) is 277 Å². The van der Waals surface area contributed by atoms with Gasteiger partial charge in [0.1, 0.15) is 0 Å². The molecule has 14 rings (SSSR count). The smallest absolute Gasteiger partial charge is 0.0698 e. The van der Waals surface area contributed by atoms with Crippen LogP contribution in [0.15, 0.2) is 265 Å². The number of H-pyrrole nitrogens is 1. The summed E-state index contributed by atoms with van der Waals surface area (Å²) >= 11 is 0. The van der Waals surface area contributed by atoms with Crippen LogP contribution >= 0.6 is 0 Å². The van der Waals surface area contributed by atoms with Crippen LogP contribution < -0.4 is 16.4 Å². The summed E-state index contributed by atoms with van der Waals surface area (Å²) in [4.78, 5) is 6.64. The second-order valence-corrected chi connectivity index (χ2v) is 22.1. The van der Waals surface area contributed by atoms with Crippen LogP contribution in [-0.4, -0.2) is 22.0 Å². The Morgan fingerprint density at radius 2 is 1.41 bits per heavy atom. The summed E-state index contributed by atoms with van der Waals surface area (Å²) in [5.74, 6) is 0.0339. The van der Waals surface area contributed by atoms with E-state index in [0.29, 0.717) is 0 Å². The van der Waals surface area contributed by atoms with Gasteiger partial charge in [-0.15, -0.1) is 0 Å². The van der Waals surface area contributed by atoms with Crippen molar-refractivity contribution in [1.29, 1.82) is 0 Å². The number of fused-ring (bicyclic) bond motifs is 13. The minimum absolute atomic E-state index is 0.0623. The van der Waals surface area contributed by atoms with E-state index in [9.17, 15) is 0 Å². The summed E-state index contributed by atoms with van der Waals surface area (Å²) in [5, 5.41) is 13.8. The predicted octanol–water partition coefficient (Wildman–Crippen LogP) is 18.6. The number of hydrogen-bond acceptors (Lipinski definition) is 4. The molecule has 1 aromatic heterocycles. The Kier molecular flexibility index (Phi) is 12.8. The van der Waals surface area contributed by atoms with Crippen molar-refractivity contribution in [1.82, 2.24) is 9.88 Å². The standard InChI is InChI=1S/C75H65N5/c1-3-49-21-10-11-26-55(49)47-77-68-42-39-54(59-40-37-51-24-12-14-29-57(51)72(59)78-56-27-8-5-9-28-56)45-66(68)48(2)67(76)46-53(50-22-6-4-7-23-50)43-44-80-74-63-34-19-17-32-61(63)60-31-16-18-33-62(60)70(74)65-35-20-36-69-71(75(65)80)64-41-38-52-25-13-15-30-58(52)73(64)79-69/h3-9,11-16,18-20,22-31,33-35,37-48,67,70,74,77-79H,10,17,21,32,36,76H2,1-2H3/b44-43+,49-3-,53-46+,55-47+. The second kappa shape index (κ2) is 20.9. The van der Waals surface area contributed by atoms with Crippen molar-refractivity contribution in [2.45, 2.75) is 69.9 Å². The van der Waals surface area contributed by atoms with Crippen molar-refractivity contribution in [2.24, 2.45) is 5.73 Å². The fraction of sp³-hybridized carbons (Fsp3) is 0.147. The van der Waals surface area contributed by atoms with Crippen LogP contribution in [0.25, 0.3) is 60.4 Å². The van der Waals surface area contributed by atoms with Crippen molar-refractivity contribution in [3.05, 3.63) is 299 Å². The molecular formula is C75H65N5. The number of nitrogens with two attached hydrogens (primary N) is 1.